The van der Waals surface area contributed by atoms with Crippen LogP contribution in [0.2, 0.25) is 5.02 Å². The smallest absolute Gasteiger partial charge is 0.269 e. The SMILES string of the molecule is O=C1CCCC2=Nc3nnnn3C(c3ccc(Cl)cc3)C12. The number of hydrogen-bond donors (Lipinski definition) is 0. The number of hydrogen-bond acceptors (Lipinski definition) is 5. The van der Waals surface area contributed by atoms with E-state index >= 15 is 0 Å². The lowest BCUT2D eigenvalue weighted by atomic mass is 9.78. The number of halogens is 1. The van der Waals surface area contributed by atoms with Gasteiger partial charge in [-0.15, -0.1) is 0 Å². The quantitative estimate of drug-likeness (QED) is 0.810. The van der Waals surface area contributed by atoms with E-state index in [1.165, 1.54) is 0 Å². The summed E-state index contributed by atoms with van der Waals surface area (Å²) in [7, 11) is 0. The van der Waals surface area contributed by atoms with Gasteiger partial charge in [-0.3, -0.25) is 4.79 Å². The number of rotatable bonds is 1. The highest BCUT2D eigenvalue weighted by Gasteiger charge is 2.41. The van der Waals surface area contributed by atoms with Crippen LogP contribution in [-0.4, -0.2) is 31.7 Å². The van der Waals surface area contributed by atoms with Gasteiger partial charge < -0.3 is 0 Å². The number of carbonyl (C=O) groups is 1. The van der Waals surface area contributed by atoms with Gasteiger partial charge in [0.05, 0.1) is 12.0 Å². The van der Waals surface area contributed by atoms with E-state index in [4.69, 9.17) is 11.6 Å². The molecule has 7 heteroatoms. The molecule has 1 aliphatic carbocycles. The topological polar surface area (TPSA) is 73.0 Å². The number of fused-ring (bicyclic) bond motifs is 2. The molecular weight excluding hydrogens is 290 g/mol. The second-order valence-corrected chi connectivity index (χ2v) is 5.76. The van der Waals surface area contributed by atoms with Gasteiger partial charge in [-0.2, -0.15) is 0 Å². The average Bonchev–Trinajstić information content (AvgIpc) is 2.94. The summed E-state index contributed by atoms with van der Waals surface area (Å²) in [5.74, 6) is 0.410. The van der Waals surface area contributed by atoms with Crippen molar-refractivity contribution in [2.45, 2.75) is 25.3 Å². The molecule has 1 aliphatic heterocycles. The molecule has 0 spiro atoms. The molecule has 1 aromatic carbocycles. The monoisotopic (exact) mass is 301 g/mol. The zero-order chi connectivity index (χ0) is 14.4. The first-order valence-electron chi connectivity index (χ1n) is 6.87. The van der Waals surface area contributed by atoms with E-state index in [2.05, 4.69) is 20.5 Å². The van der Waals surface area contributed by atoms with E-state index in [-0.39, 0.29) is 17.7 Å². The Kier molecular flexibility index (Phi) is 2.85. The van der Waals surface area contributed by atoms with Crippen LogP contribution in [0.25, 0.3) is 0 Å². The lowest BCUT2D eigenvalue weighted by Gasteiger charge is -2.33. The third-order valence-corrected chi connectivity index (χ3v) is 4.32. The predicted molar refractivity (Wildman–Crippen MR) is 76.9 cm³/mol. The minimum atomic E-state index is -0.268. The maximum Gasteiger partial charge on any atom is 0.269 e. The minimum absolute atomic E-state index is 0.209. The van der Waals surface area contributed by atoms with Crippen molar-refractivity contribution in [2.75, 3.05) is 0 Å². The van der Waals surface area contributed by atoms with Crippen LogP contribution in [0, 0.1) is 5.92 Å². The Morgan fingerprint density at radius 3 is 2.81 bits per heavy atom. The van der Waals surface area contributed by atoms with Crippen molar-refractivity contribution in [3.05, 3.63) is 34.9 Å². The number of carbonyl (C=O) groups excluding carboxylic acids is 1. The van der Waals surface area contributed by atoms with Crippen molar-refractivity contribution in [3.8, 4) is 0 Å². The molecule has 1 aromatic heterocycles. The van der Waals surface area contributed by atoms with E-state index in [9.17, 15) is 4.79 Å². The highest BCUT2D eigenvalue weighted by Crippen LogP contribution is 2.39. The molecule has 0 N–H and O–H groups in total. The fraction of sp³-hybridized carbons (Fsp3) is 0.357. The van der Waals surface area contributed by atoms with Crippen molar-refractivity contribution in [3.63, 3.8) is 0 Å². The number of aliphatic imine (C=N–C) groups is 1. The second kappa shape index (κ2) is 4.73. The van der Waals surface area contributed by atoms with Crippen LogP contribution in [0.1, 0.15) is 30.9 Å². The van der Waals surface area contributed by atoms with Crippen LogP contribution >= 0.6 is 11.6 Å². The molecule has 0 bridgehead atoms. The summed E-state index contributed by atoms with van der Waals surface area (Å²) < 4.78 is 1.64. The predicted octanol–water partition coefficient (Wildman–Crippen LogP) is 2.37. The van der Waals surface area contributed by atoms with Crippen LogP contribution < -0.4 is 0 Å². The zero-order valence-electron chi connectivity index (χ0n) is 11.1. The van der Waals surface area contributed by atoms with Gasteiger partial charge in [0.1, 0.15) is 5.78 Å². The Bertz CT molecular complexity index is 736. The first-order chi connectivity index (χ1) is 10.2. The van der Waals surface area contributed by atoms with E-state index < -0.39 is 0 Å². The zero-order valence-corrected chi connectivity index (χ0v) is 11.9. The summed E-state index contributed by atoms with van der Waals surface area (Å²) >= 11 is 5.96. The first kappa shape index (κ1) is 12.6. The van der Waals surface area contributed by atoms with E-state index in [0.717, 1.165) is 24.1 Å². The normalized spacial score (nSPS) is 24.2. The van der Waals surface area contributed by atoms with Crippen molar-refractivity contribution in [1.29, 1.82) is 0 Å². The van der Waals surface area contributed by atoms with Crippen LogP contribution in [0.5, 0.6) is 0 Å². The molecule has 6 nitrogen and oxygen atoms in total. The molecule has 0 saturated heterocycles. The van der Waals surface area contributed by atoms with E-state index in [1.54, 1.807) is 4.68 Å². The Balaban J connectivity index is 1.88. The number of Topliss-reactive ketones (excluding diaryl/α,β-unsaturated/α-hetero) is 1. The van der Waals surface area contributed by atoms with Gasteiger partial charge in [-0.1, -0.05) is 28.8 Å². The molecule has 2 aliphatic rings. The van der Waals surface area contributed by atoms with Crippen molar-refractivity contribution in [2.24, 2.45) is 10.9 Å². The van der Waals surface area contributed by atoms with Crippen LogP contribution in [0.4, 0.5) is 5.95 Å². The fourth-order valence-electron chi connectivity index (χ4n) is 3.13. The molecular formula is C14H12ClN5O. The summed E-state index contributed by atoms with van der Waals surface area (Å²) in [6.45, 7) is 0. The molecule has 1 saturated carbocycles. The lowest BCUT2D eigenvalue weighted by molar-refractivity contribution is -0.122. The standard InChI is InChI=1S/C14H12ClN5O/c15-9-6-4-8(5-7-9)13-12-10(2-1-3-11(12)21)16-14-17-18-19-20(13)14/h4-7,12-13H,1-3H2. The number of aromatic nitrogens is 4. The fourth-order valence-corrected chi connectivity index (χ4v) is 3.26. The average molecular weight is 302 g/mol. The van der Waals surface area contributed by atoms with Crippen LogP contribution in [0.3, 0.4) is 0 Å². The summed E-state index contributed by atoms with van der Waals surface area (Å²) in [5.41, 5.74) is 1.87. The molecule has 0 amide bonds. The van der Waals surface area contributed by atoms with Gasteiger partial charge >= 0.3 is 0 Å². The third-order valence-electron chi connectivity index (χ3n) is 4.07. The third kappa shape index (κ3) is 1.98. The number of tetrazole rings is 1. The van der Waals surface area contributed by atoms with Gasteiger partial charge in [-0.05, 0) is 41.0 Å². The molecule has 2 unspecified atom stereocenters. The molecule has 4 rings (SSSR count). The van der Waals surface area contributed by atoms with E-state index in [0.29, 0.717) is 17.4 Å². The molecule has 1 fully saturated rings. The second-order valence-electron chi connectivity index (χ2n) is 5.32. The highest BCUT2D eigenvalue weighted by molar-refractivity contribution is 6.30. The lowest BCUT2D eigenvalue weighted by Crippen LogP contribution is -2.39. The Labute approximate surface area is 125 Å². The van der Waals surface area contributed by atoms with Crippen LogP contribution in [0.15, 0.2) is 29.3 Å². The largest absolute Gasteiger partial charge is 0.299 e. The van der Waals surface area contributed by atoms with Crippen LogP contribution in [-0.2, 0) is 4.79 Å². The minimum Gasteiger partial charge on any atom is -0.299 e. The molecule has 2 atom stereocenters. The molecule has 21 heavy (non-hydrogen) atoms. The summed E-state index contributed by atoms with van der Waals surface area (Å²) in [4.78, 5) is 16.9. The van der Waals surface area contributed by atoms with Crippen molar-refractivity contribution >= 4 is 29.0 Å². The van der Waals surface area contributed by atoms with Gasteiger partial charge in [-0.25, -0.2) is 9.67 Å². The van der Waals surface area contributed by atoms with Gasteiger partial charge in [0, 0.05) is 17.2 Å². The molecule has 2 aromatic rings. The van der Waals surface area contributed by atoms with Gasteiger partial charge in [0.2, 0.25) is 0 Å². The van der Waals surface area contributed by atoms with Gasteiger partial charge in [0.25, 0.3) is 5.95 Å². The number of benzene rings is 1. The number of ketones is 1. The molecule has 2 heterocycles. The Hall–Kier alpha value is -2.08. The summed E-state index contributed by atoms with van der Waals surface area (Å²) in [5, 5.41) is 12.3. The summed E-state index contributed by atoms with van der Waals surface area (Å²) in [6.07, 6.45) is 2.27. The Morgan fingerprint density at radius 1 is 1.19 bits per heavy atom. The number of nitrogens with zero attached hydrogens (tertiary/aromatic N) is 5. The maximum absolute atomic E-state index is 12.4. The molecule has 0 radical (unpaired) electrons. The highest BCUT2D eigenvalue weighted by atomic mass is 35.5. The Morgan fingerprint density at radius 2 is 2.00 bits per heavy atom. The van der Waals surface area contributed by atoms with Crippen molar-refractivity contribution in [1.82, 2.24) is 20.2 Å². The van der Waals surface area contributed by atoms with E-state index in [1.807, 2.05) is 24.3 Å². The first-order valence-corrected chi connectivity index (χ1v) is 7.25. The maximum atomic E-state index is 12.4. The van der Waals surface area contributed by atoms with Gasteiger partial charge in [0.15, 0.2) is 0 Å². The molecule has 106 valence electrons. The summed E-state index contributed by atoms with van der Waals surface area (Å²) in [6, 6.07) is 7.25. The van der Waals surface area contributed by atoms with Crippen molar-refractivity contribution < 1.29 is 4.79 Å².